The summed E-state index contributed by atoms with van der Waals surface area (Å²) in [6.07, 6.45) is 8.71. The van der Waals surface area contributed by atoms with Gasteiger partial charge in [0, 0.05) is 41.7 Å². The van der Waals surface area contributed by atoms with Crippen molar-refractivity contribution in [2.45, 2.75) is 32.4 Å². The first-order valence-corrected chi connectivity index (χ1v) is 13.7. The predicted octanol–water partition coefficient (Wildman–Crippen LogP) is 6.12. The van der Waals surface area contributed by atoms with Crippen molar-refractivity contribution in [3.05, 3.63) is 89.4 Å². The Labute approximate surface area is 243 Å². The fraction of sp³-hybridized carbons (Fsp3) is 0.226. The molecule has 1 aliphatic heterocycles. The van der Waals surface area contributed by atoms with Gasteiger partial charge < -0.3 is 25.4 Å². The van der Waals surface area contributed by atoms with Crippen molar-refractivity contribution in [1.29, 1.82) is 5.26 Å². The average Bonchev–Trinajstić information content (AvgIpc) is 3.51. The van der Waals surface area contributed by atoms with E-state index < -0.39 is 0 Å². The molecule has 5 rings (SSSR count). The number of aromatic nitrogens is 2. The third-order valence-corrected chi connectivity index (χ3v) is 6.82. The molecule has 0 spiro atoms. The molecule has 9 nitrogen and oxygen atoms in total. The molecule has 3 N–H and O–H groups in total. The number of nitrogens with one attached hydrogen (secondary N) is 3. The van der Waals surface area contributed by atoms with Crippen molar-refractivity contribution in [3.8, 4) is 17.6 Å². The summed E-state index contributed by atoms with van der Waals surface area (Å²) in [7, 11) is 0. The molecule has 1 fully saturated rings. The molecule has 0 unspecified atom stereocenters. The highest BCUT2D eigenvalue weighted by Gasteiger charge is 2.16. The number of carbonyl (C=O) groups is 1. The molecular weight excluding hydrogens is 540 g/mol. The zero-order chi connectivity index (χ0) is 28.6. The summed E-state index contributed by atoms with van der Waals surface area (Å²) >= 11 is 6.53. The first kappa shape index (κ1) is 27.9. The Kier molecular flexibility index (Phi) is 8.94. The highest BCUT2D eigenvalue weighted by atomic mass is 35.5. The lowest BCUT2D eigenvalue weighted by molar-refractivity contribution is -0.111. The number of ether oxygens (including phenoxy) is 2. The van der Waals surface area contributed by atoms with Crippen LogP contribution in [0, 0.1) is 11.3 Å². The van der Waals surface area contributed by atoms with E-state index in [9.17, 15) is 10.1 Å². The summed E-state index contributed by atoms with van der Waals surface area (Å²) in [4.78, 5) is 21.5. The van der Waals surface area contributed by atoms with E-state index in [-0.39, 0.29) is 18.6 Å². The number of nitrogens with zero attached hydrogens (tertiary/aromatic N) is 3. The van der Waals surface area contributed by atoms with Crippen molar-refractivity contribution in [1.82, 2.24) is 15.3 Å². The fourth-order valence-corrected chi connectivity index (χ4v) is 4.78. The molecule has 1 atom stereocenters. The number of carbonyl (C=O) groups excluding carboxylic acids is 1. The molecule has 208 valence electrons. The minimum atomic E-state index is -0.272. The standard InChI is InChI=1S/C31H29ClN6O3/c1-2-40-29-16-26-24(15-27(29)38-30(39)11-9-21-7-5-13-34-21)31(20(17-33)18-36-26)37-22-8-10-28(25(32)14-22)41-19-23-6-3-4-12-35-23/h3-4,6,8-12,14-16,18,21,34H,2,5,7,13,19H2,1H3,(H,36,37)(H,38,39)/t21-/m0/s1. The summed E-state index contributed by atoms with van der Waals surface area (Å²) in [5.74, 6) is 0.725. The lowest BCUT2D eigenvalue weighted by atomic mass is 10.1. The van der Waals surface area contributed by atoms with Crippen molar-refractivity contribution < 1.29 is 14.3 Å². The Balaban J connectivity index is 1.42. The van der Waals surface area contributed by atoms with Crippen molar-refractivity contribution in [2.24, 2.45) is 0 Å². The number of fused-ring (bicyclic) bond motifs is 1. The van der Waals surface area contributed by atoms with Gasteiger partial charge in [-0.25, -0.2) is 0 Å². The molecule has 1 amide bonds. The van der Waals surface area contributed by atoms with E-state index in [0.29, 0.717) is 56.7 Å². The second-order valence-electron chi connectivity index (χ2n) is 9.39. The van der Waals surface area contributed by atoms with E-state index in [1.165, 1.54) is 12.3 Å². The Morgan fingerprint density at radius 1 is 1.20 bits per heavy atom. The van der Waals surface area contributed by atoms with E-state index in [0.717, 1.165) is 25.1 Å². The third kappa shape index (κ3) is 6.92. The van der Waals surface area contributed by atoms with E-state index in [1.807, 2.05) is 37.3 Å². The summed E-state index contributed by atoms with van der Waals surface area (Å²) < 4.78 is 11.6. The number of hydrogen-bond acceptors (Lipinski definition) is 8. The van der Waals surface area contributed by atoms with Gasteiger partial charge >= 0.3 is 0 Å². The number of nitriles is 1. The maximum Gasteiger partial charge on any atom is 0.248 e. The second-order valence-corrected chi connectivity index (χ2v) is 9.80. The van der Waals surface area contributed by atoms with Gasteiger partial charge in [0.2, 0.25) is 5.91 Å². The van der Waals surface area contributed by atoms with Gasteiger partial charge in [0.15, 0.2) is 0 Å². The number of anilines is 3. The number of amides is 1. The smallest absolute Gasteiger partial charge is 0.248 e. The van der Waals surface area contributed by atoms with Crippen LogP contribution in [0.25, 0.3) is 10.9 Å². The van der Waals surface area contributed by atoms with Crippen LogP contribution < -0.4 is 25.4 Å². The third-order valence-electron chi connectivity index (χ3n) is 6.53. The van der Waals surface area contributed by atoms with Crippen LogP contribution in [0.3, 0.4) is 0 Å². The molecule has 1 saturated heterocycles. The van der Waals surface area contributed by atoms with Gasteiger partial charge in [-0.1, -0.05) is 23.7 Å². The molecule has 0 radical (unpaired) electrons. The summed E-state index contributed by atoms with van der Waals surface area (Å²) in [5.41, 5.74) is 3.37. The average molecular weight is 569 g/mol. The number of halogens is 1. The zero-order valence-electron chi connectivity index (χ0n) is 22.5. The highest BCUT2D eigenvalue weighted by molar-refractivity contribution is 6.32. The van der Waals surface area contributed by atoms with Gasteiger partial charge in [0.25, 0.3) is 0 Å². The Morgan fingerprint density at radius 2 is 2.10 bits per heavy atom. The molecule has 2 aromatic heterocycles. The van der Waals surface area contributed by atoms with Crippen molar-refractivity contribution in [2.75, 3.05) is 23.8 Å². The lowest BCUT2D eigenvalue weighted by Gasteiger charge is -2.16. The van der Waals surface area contributed by atoms with Gasteiger partial charge in [0.05, 0.1) is 39.8 Å². The van der Waals surface area contributed by atoms with Crippen LogP contribution in [-0.2, 0) is 11.4 Å². The van der Waals surface area contributed by atoms with E-state index in [2.05, 4.69) is 32.0 Å². The van der Waals surface area contributed by atoms with Gasteiger partial charge in [-0.05, 0) is 62.7 Å². The first-order valence-electron chi connectivity index (χ1n) is 13.4. The van der Waals surface area contributed by atoms with E-state index in [1.54, 1.807) is 30.5 Å². The van der Waals surface area contributed by atoms with Gasteiger partial charge in [-0.2, -0.15) is 5.26 Å². The van der Waals surface area contributed by atoms with Crippen LogP contribution in [-0.4, -0.2) is 35.1 Å². The molecule has 41 heavy (non-hydrogen) atoms. The molecule has 10 heteroatoms. The monoisotopic (exact) mass is 568 g/mol. The largest absolute Gasteiger partial charge is 0.492 e. The highest BCUT2D eigenvalue weighted by Crippen LogP contribution is 2.37. The Bertz CT molecular complexity index is 1610. The molecule has 1 aliphatic rings. The number of benzene rings is 2. The minimum absolute atomic E-state index is 0.195. The van der Waals surface area contributed by atoms with Crippen LogP contribution in [0.2, 0.25) is 5.02 Å². The SMILES string of the molecule is CCOc1cc2ncc(C#N)c(Nc3ccc(OCc4ccccn4)c(Cl)c3)c2cc1NC(=O)C=C[C@@H]1CCCN1. The normalized spacial score (nSPS) is 14.6. The van der Waals surface area contributed by atoms with E-state index in [4.69, 9.17) is 21.1 Å². The molecule has 2 aromatic carbocycles. The molecule has 0 bridgehead atoms. The summed E-state index contributed by atoms with van der Waals surface area (Å²) in [5, 5.41) is 20.5. The zero-order valence-corrected chi connectivity index (χ0v) is 23.2. The Hall–Kier alpha value is -4.65. The molecule has 0 aliphatic carbocycles. The number of rotatable bonds is 10. The van der Waals surface area contributed by atoms with Crippen molar-refractivity contribution >= 4 is 45.5 Å². The second kappa shape index (κ2) is 13.1. The van der Waals surface area contributed by atoms with Crippen LogP contribution >= 0.6 is 11.6 Å². The molecular formula is C31H29ClN6O3. The maximum absolute atomic E-state index is 12.8. The Morgan fingerprint density at radius 3 is 2.83 bits per heavy atom. The molecule has 4 aromatic rings. The van der Waals surface area contributed by atoms with Gasteiger partial charge in [-0.15, -0.1) is 0 Å². The molecule has 0 saturated carbocycles. The summed E-state index contributed by atoms with van der Waals surface area (Å²) in [6, 6.07) is 16.8. The predicted molar refractivity (Wildman–Crippen MR) is 160 cm³/mol. The number of hydrogen-bond donors (Lipinski definition) is 3. The van der Waals surface area contributed by atoms with Gasteiger partial charge in [-0.3, -0.25) is 14.8 Å². The van der Waals surface area contributed by atoms with Crippen LogP contribution in [0.4, 0.5) is 17.1 Å². The van der Waals surface area contributed by atoms with Crippen LogP contribution in [0.15, 0.2) is 73.1 Å². The minimum Gasteiger partial charge on any atom is -0.492 e. The lowest BCUT2D eigenvalue weighted by Crippen LogP contribution is -2.19. The molecule has 3 heterocycles. The van der Waals surface area contributed by atoms with Gasteiger partial charge in [0.1, 0.15) is 24.2 Å². The van der Waals surface area contributed by atoms with E-state index >= 15 is 0 Å². The number of pyridine rings is 2. The fourth-order valence-electron chi connectivity index (χ4n) is 4.54. The first-order chi connectivity index (χ1) is 20.0. The summed E-state index contributed by atoms with van der Waals surface area (Å²) in [6.45, 7) is 3.51. The van der Waals surface area contributed by atoms with Crippen LogP contribution in [0.5, 0.6) is 11.5 Å². The van der Waals surface area contributed by atoms with Crippen molar-refractivity contribution in [3.63, 3.8) is 0 Å². The topological polar surface area (TPSA) is 121 Å². The van der Waals surface area contributed by atoms with Crippen LogP contribution in [0.1, 0.15) is 31.0 Å². The quantitative estimate of drug-likeness (QED) is 0.196. The maximum atomic E-state index is 12.8.